The van der Waals surface area contributed by atoms with Gasteiger partial charge in [0.25, 0.3) is 5.56 Å². The van der Waals surface area contributed by atoms with Gasteiger partial charge in [0.2, 0.25) is 0 Å². The van der Waals surface area contributed by atoms with Crippen molar-refractivity contribution in [2.24, 2.45) is 5.73 Å². The van der Waals surface area contributed by atoms with Gasteiger partial charge >= 0.3 is 5.69 Å². The molecule has 0 aliphatic heterocycles. The lowest BCUT2D eigenvalue weighted by Gasteiger charge is -2.20. The number of nitrogens with two attached hydrogens (primary N) is 1. The molecule has 1 aromatic carbocycles. The molecule has 1 atom stereocenters. The number of hydrogen-bond donors (Lipinski definition) is 2. The van der Waals surface area contributed by atoms with Crippen molar-refractivity contribution in [1.82, 2.24) is 9.55 Å². The van der Waals surface area contributed by atoms with Crippen molar-refractivity contribution < 1.29 is 4.39 Å². The number of aromatic nitrogens is 2. The summed E-state index contributed by atoms with van der Waals surface area (Å²) in [7, 11) is 0. The van der Waals surface area contributed by atoms with Crippen molar-refractivity contribution in [1.29, 1.82) is 0 Å². The van der Waals surface area contributed by atoms with Crippen LogP contribution in [0, 0.1) is 19.7 Å². The second-order valence-electron chi connectivity index (χ2n) is 8.34. The van der Waals surface area contributed by atoms with Crippen molar-refractivity contribution in [3.05, 3.63) is 54.3 Å². The molecule has 0 bridgehead atoms. The van der Waals surface area contributed by atoms with Crippen LogP contribution in [0.4, 0.5) is 4.39 Å². The van der Waals surface area contributed by atoms with Crippen LogP contribution in [0.2, 0.25) is 0 Å². The van der Waals surface area contributed by atoms with Gasteiger partial charge in [-0.1, -0.05) is 0 Å². The van der Waals surface area contributed by atoms with Crippen molar-refractivity contribution >= 4 is 22.2 Å². The highest BCUT2D eigenvalue weighted by atomic mass is 32.1. The van der Waals surface area contributed by atoms with Crippen molar-refractivity contribution in [2.45, 2.75) is 57.9 Å². The number of benzene rings is 1. The Bertz CT molecular complexity index is 1270. The van der Waals surface area contributed by atoms with E-state index in [1.54, 1.807) is 22.8 Å². The van der Waals surface area contributed by atoms with E-state index in [1.807, 2.05) is 6.92 Å². The molecule has 3 N–H and O–H groups in total. The van der Waals surface area contributed by atoms with Gasteiger partial charge in [-0.15, -0.1) is 11.3 Å². The Kier molecular flexibility index (Phi) is 4.29. The number of nitrogens with zero attached hydrogens (tertiary/aromatic N) is 1. The topological polar surface area (TPSA) is 80.9 Å². The molecular formula is C22H24FN3O2S. The minimum Gasteiger partial charge on any atom is -0.330 e. The van der Waals surface area contributed by atoms with Crippen molar-refractivity contribution in [2.75, 3.05) is 6.54 Å². The van der Waals surface area contributed by atoms with Crippen molar-refractivity contribution in [3.63, 3.8) is 0 Å². The summed E-state index contributed by atoms with van der Waals surface area (Å²) >= 11 is 1.62. The Hall–Kier alpha value is -2.25. The van der Waals surface area contributed by atoms with Crippen LogP contribution in [-0.4, -0.2) is 16.1 Å². The van der Waals surface area contributed by atoms with Crippen LogP contribution < -0.4 is 17.0 Å². The fourth-order valence-electron chi connectivity index (χ4n) is 4.84. The molecule has 5 nitrogen and oxygen atoms in total. The summed E-state index contributed by atoms with van der Waals surface area (Å²) < 4.78 is 17.3. The van der Waals surface area contributed by atoms with E-state index in [9.17, 15) is 9.59 Å². The lowest BCUT2D eigenvalue weighted by molar-refractivity contribution is 0.567. The lowest BCUT2D eigenvalue weighted by atomic mass is 9.87. The van der Waals surface area contributed by atoms with Gasteiger partial charge in [-0.2, -0.15) is 0 Å². The third kappa shape index (κ3) is 2.74. The number of H-pyrrole nitrogens is 1. The minimum atomic E-state index is -0.512. The zero-order chi connectivity index (χ0) is 20.4. The van der Waals surface area contributed by atoms with Gasteiger partial charge in [-0.3, -0.25) is 14.3 Å². The standard InChI is InChI=1S/C22H24FN3O2S/c1-10-18-20(26(13-6-7-13)22(28)25-21(18)27)11(2)17(19(10)23)16-8-14-12(9-24)4-3-5-15(14)29-16/h8,12-13H,3-7,9,24H2,1-2H3,(H,25,27,28). The van der Waals surface area contributed by atoms with Gasteiger partial charge in [0, 0.05) is 26.9 Å². The Morgan fingerprint density at radius 2 is 2.00 bits per heavy atom. The van der Waals surface area contributed by atoms with Gasteiger partial charge < -0.3 is 5.73 Å². The van der Waals surface area contributed by atoms with E-state index >= 15 is 4.39 Å². The first-order chi connectivity index (χ1) is 13.9. The van der Waals surface area contributed by atoms with Crippen LogP contribution in [0.1, 0.15) is 59.2 Å². The molecule has 2 aliphatic carbocycles. The number of halogens is 1. The van der Waals surface area contributed by atoms with Gasteiger partial charge in [0.05, 0.1) is 10.9 Å². The van der Waals surface area contributed by atoms with Gasteiger partial charge in [0.1, 0.15) is 5.82 Å². The summed E-state index contributed by atoms with van der Waals surface area (Å²) in [6, 6.07) is 2.16. The molecule has 0 radical (unpaired) electrons. The Morgan fingerprint density at radius 3 is 2.69 bits per heavy atom. The SMILES string of the molecule is Cc1c(F)c(-c2cc3c(s2)CCCC3CN)c(C)c2c1c(=O)[nH]c(=O)n2C1CC1. The van der Waals surface area contributed by atoms with Crippen LogP contribution >= 0.6 is 11.3 Å². The molecule has 0 saturated heterocycles. The Morgan fingerprint density at radius 1 is 1.24 bits per heavy atom. The maximum absolute atomic E-state index is 15.6. The van der Waals surface area contributed by atoms with Crippen LogP contribution in [0.25, 0.3) is 21.3 Å². The van der Waals surface area contributed by atoms with E-state index in [2.05, 4.69) is 11.1 Å². The fraction of sp³-hybridized carbons (Fsp3) is 0.455. The monoisotopic (exact) mass is 413 g/mol. The average molecular weight is 414 g/mol. The van der Waals surface area contributed by atoms with E-state index in [0.717, 1.165) is 37.0 Å². The molecule has 152 valence electrons. The highest BCUT2D eigenvalue weighted by molar-refractivity contribution is 7.15. The molecule has 0 spiro atoms. The first-order valence-corrected chi connectivity index (χ1v) is 11.0. The molecule has 0 amide bonds. The molecule has 5 rings (SSSR count). The summed E-state index contributed by atoms with van der Waals surface area (Å²) in [5.41, 5.74) is 8.36. The molecular weight excluding hydrogens is 389 g/mol. The van der Waals surface area contributed by atoms with E-state index < -0.39 is 11.2 Å². The number of rotatable bonds is 3. The molecule has 1 unspecified atom stereocenters. The minimum absolute atomic E-state index is 0.0800. The second kappa shape index (κ2) is 6.64. The van der Waals surface area contributed by atoms with E-state index in [-0.39, 0.29) is 17.2 Å². The number of aryl methyl sites for hydroxylation is 3. The first kappa shape index (κ1) is 18.8. The van der Waals surface area contributed by atoms with E-state index in [4.69, 9.17) is 5.73 Å². The van der Waals surface area contributed by atoms with E-state index in [1.165, 1.54) is 10.4 Å². The number of aromatic amines is 1. The zero-order valence-corrected chi connectivity index (χ0v) is 17.4. The normalized spacial score (nSPS) is 19.0. The maximum atomic E-state index is 15.6. The summed E-state index contributed by atoms with van der Waals surface area (Å²) in [6.45, 7) is 4.06. The molecule has 1 fully saturated rings. The van der Waals surface area contributed by atoms with Crippen molar-refractivity contribution in [3.8, 4) is 10.4 Å². The molecule has 2 aliphatic rings. The highest BCUT2D eigenvalue weighted by Gasteiger charge is 2.31. The fourth-order valence-corrected chi connectivity index (χ4v) is 6.22. The molecule has 7 heteroatoms. The average Bonchev–Trinajstić information content (AvgIpc) is 3.43. The number of nitrogens with one attached hydrogen (secondary N) is 1. The highest BCUT2D eigenvalue weighted by Crippen LogP contribution is 2.45. The quantitative estimate of drug-likeness (QED) is 0.684. The summed E-state index contributed by atoms with van der Waals surface area (Å²) in [5, 5.41) is 0.288. The third-order valence-electron chi connectivity index (χ3n) is 6.48. The third-order valence-corrected chi connectivity index (χ3v) is 7.71. The van der Waals surface area contributed by atoms with Crippen LogP contribution in [0.15, 0.2) is 15.7 Å². The second-order valence-corrected chi connectivity index (χ2v) is 9.47. The molecule has 1 saturated carbocycles. The smallest absolute Gasteiger partial charge is 0.329 e. The number of thiophene rings is 1. The summed E-state index contributed by atoms with van der Waals surface area (Å²) in [5.74, 6) is -0.0504. The molecule has 3 aromatic rings. The Balaban J connectivity index is 1.84. The molecule has 29 heavy (non-hydrogen) atoms. The molecule has 2 heterocycles. The number of hydrogen-bond acceptors (Lipinski definition) is 4. The number of fused-ring (bicyclic) bond motifs is 2. The van der Waals surface area contributed by atoms with Gasteiger partial charge in [-0.25, -0.2) is 9.18 Å². The predicted molar refractivity (Wildman–Crippen MR) is 115 cm³/mol. The molecule has 2 aromatic heterocycles. The maximum Gasteiger partial charge on any atom is 0.329 e. The lowest BCUT2D eigenvalue weighted by Crippen LogP contribution is -2.31. The Labute approximate surface area is 171 Å². The summed E-state index contributed by atoms with van der Waals surface area (Å²) in [6.07, 6.45) is 4.96. The largest absolute Gasteiger partial charge is 0.330 e. The predicted octanol–water partition coefficient (Wildman–Crippen LogP) is 3.89. The van der Waals surface area contributed by atoms with Gasteiger partial charge in [0.15, 0.2) is 0 Å². The van der Waals surface area contributed by atoms with Crippen LogP contribution in [0.3, 0.4) is 0 Å². The zero-order valence-electron chi connectivity index (χ0n) is 16.6. The van der Waals surface area contributed by atoms with Crippen LogP contribution in [0.5, 0.6) is 0 Å². The first-order valence-electron chi connectivity index (χ1n) is 10.2. The summed E-state index contributed by atoms with van der Waals surface area (Å²) in [4.78, 5) is 29.7. The van der Waals surface area contributed by atoms with Crippen LogP contribution in [-0.2, 0) is 6.42 Å². The van der Waals surface area contributed by atoms with E-state index in [0.29, 0.717) is 34.7 Å². The van der Waals surface area contributed by atoms with Gasteiger partial charge in [-0.05, 0) is 75.6 Å².